The summed E-state index contributed by atoms with van der Waals surface area (Å²) in [6, 6.07) is 13.2. The molecular weight excluding hydrogens is 387 g/mol. The largest absolute Gasteiger partial charge is 0.425 e. The molecule has 0 saturated carbocycles. The Morgan fingerprint density at radius 2 is 1.37 bits per heavy atom. The van der Waals surface area contributed by atoms with E-state index in [0.29, 0.717) is 22.6 Å². The van der Waals surface area contributed by atoms with E-state index in [9.17, 15) is 9.59 Å². The molecule has 2 rings (SSSR count). The van der Waals surface area contributed by atoms with Crippen molar-refractivity contribution in [2.45, 2.75) is 19.8 Å². The predicted molar refractivity (Wildman–Crippen MR) is 109 cm³/mol. The normalized spacial score (nSPS) is 11.0. The Bertz CT molecular complexity index is 790. The smallest absolute Gasteiger partial charge is 0.326 e. The van der Waals surface area contributed by atoms with E-state index in [4.69, 9.17) is 32.7 Å². The maximum absolute atomic E-state index is 11.7. The number of rotatable bonds is 7. The summed E-state index contributed by atoms with van der Waals surface area (Å²) in [5, 5.41) is 0. The molecule has 6 heteroatoms. The van der Waals surface area contributed by atoms with Gasteiger partial charge in [-0.3, -0.25) is 9.59 Å². The Labute approximate surface area is 168 Å². The molecule has 2 aromatic carbocycles. The molecule has 27 heavy (non-hydrogen) atoms. The number of esters is 2. The fourth-order valence-electron chi connectivity index (χ4n) is 2.51. The molecule has 142 valence electrons. The molecule has 0 aliphatic rings. The highest BCUT2D eigenvalue weighted by atomic mass is 35.5. The zero-order chi connectivity index (χ0) is 19.8. The van der Waals surface area contributed by atoms with Crippen LogP contribution >= 0.6 is 23.2 Å². The van der Waals surface area contributed by atoms with Crippen LogP contribution in [-0.2, 0) is 9.59 Å². The van der Waals surface area contributed by atoms with Gasteiger partial charge in [0.05, 0.1) is 0 Å². The van der Waals surface area contributed by atoms with Gasteiger partial charge in [-0.15, -0.1) is 23.2 Å². The van der Waals surface area contributed by atoms with Gasteiger partial charge in [0, 0.05) is 5.56 Å². The maximum atomic E-state index is 11.7. The van der Waals surface area contributed by atoms with Gasteiger partial charge in [0.2, 0.25) is 0 Å². The number of ether oxygens (including phenoxy) is 2. The SMILES string of the molecule is CC(C)c1c(OC(=O)CCl)cc(/C=C/c2ccccc2)cc1OC(=O)CCl. The molecule has 0 unspecified atom stereocenters. The van der Waals surface area contributed by atoms with E-state index < -0.39 is 11.9 Å². The molecule has 0 aromatic heterocycles. The molecule has 0 aliphatic carbocycles. The molecule has 4 nitrogen and oxygen atoms in total. The Morgan fingerprint density at radius 1 is 0.889 bits per heavy atom. The first-order valence-corrected chi connectivity index (χ1v) is 9.45. The van der Waals surface area contributed by atoms with E-state index >= 15 is 0 Å². The Balaban J connectivity index is 2.51. The monoisotopic (exact) mass is 406 g/mol. The Morgan fingerprint density at radius 3 is 1.81 bits per heavy atom. The van der Waals surface area contributed by atoms with Crippen molar-refractivity contribution < 1.29 is 19.1 Å². The first kappa shape index (κ1) is 21.0. The van der Waals surface area contributed by atoms with Crippen molar-refractivity contribution in [2.24, 2.45) is 0 Å². The van der Waals surface area contributed by atoms with Crippen molar-refractivity contribution in [1.82, 2.24) is 0 Å². The zero-order valence-electron chi connectivity index (χ0n) is 15.1. The molecule has 0 fully saturated rings. The molecule has 0 N–H and O–H groups in total. The number of carbonyl (C=O) groups is 2. The van der Waals surface area contributed by atoms with Crippen LogP contribution in [0.4, 0.5) is 0 Å². The minimum Gasteiger partial charge on any atom is -0.425 e. The van der Waals surface area contributed by atoms with Gasteiger partial charge in [-0.1, -0.05) is 56.3 Å². The number of hydrogen-bond donors (Lipinski definition) is 0. The summed E-state index contributed by atoms with van der Waals surface area (Å²) < 4.78 is 10.8. The van der Waals surface area contributed by atoms with Crippen molar-refractivity contribution >= 4 is 47.3 Å². The quantitative estimate of drug-likeness (QED) is 0.272. The number of benzene rings is 2. The van der Waals surface area contributed by atoms with Crippen LogP contribution < -0.4 is 9.47 Å². The van der Waals surface area contributed by atoms with E-state index in [1.54, 1.807) is 12.1 Å². The van der Waals surface area contributed by atoms with Crippen LogP contribution in [0.25, 0.3) is 12.2 Å². The van der Waals surface area contributed by atoms with Gasteiger partial charge in [0.1, 0.15) is 23.3 Å². The van der Waals surface area contributed by atoms with E-state index in [1.165, 1.54) is 0 Å². The van der Waals surface area contributed by atoms with Crippen molar-refractivity contribution in [3.05, 3.63) is 59.2 Å². The van der Waals surface area contributed by atoms with Crippen LogP contribution in [0.1, 0.15) is 36.5 Å². The van der Waals surface area contributed by atoms with Gasteiger partial charge in [0.15, 0.2) is 0 Å². The molecule has 0 heterocycles. The fraction of sp³-hybridized carbons (Fsp3) is 0.238. The summed E-state index contributed by atoms with van der Waals surface area (Å²) in [6.07, 6.45) is 3.75. The van der Waals surface area contributed by atoms with Gasteiger partial charge >= 0.3 is 11.9 Å². The van der Waals surface area contributed by atoms with Gasteiger partial charge in [0.25, 0.3) is 0 Å². The van der Waals surface area contributed by atoms with Crippen molar-refractivity contribution in [1.29, 1.82) is 0 Å². The fourth-order valence-corrected chi connectivity index (χ4v) is 2.62. The third-order valence-corrected chi connectivity index (χ3v) is 4.07. The number of halogens is 2. The lowest BCUT2D eigenvalue weighted by molar-refractivity contribution is -0.132. The van der Waals surface area contributed by atoms with E-state index in [2.05, 4.69) is 0 Å². The highest BCUT2D eigenvalue weighted by Gasteiger charge is 2.20. The first-order chi connectivity index (χ1) is 12.9. The lowest BCUT2D eigenvalue weighted by Gasteiger charge is -2.18. The van der Waals surface area contributed by atoms with Gasteiger partial charge in [-0.05, 0) is 29.2 Å². The van der Waals surface area contributed by atoms with Crippen LogP contribution in [0.3, 0.4) is 0 Å². The van der Waals surface area contributed by atoms with E-state index in [-0.39, 0.29) is 17.7 Å². The van der Waals surface area contributed by atoms with E-state index in [1.807, 2.05) is 56.3 Å². The molecule has 0 amide bonds. The number of hydrogen-bond acceptors (Lipinski definition) is 4. The molecule has 0 spiro atoms. The number of alkyl halides is 2. The molecule has 0 atom stereocenters. The average Bonchev–Trinajstić information content (AvgIpc) is 2.66. The zero-order valence-corrected chi connectivity index (χ0v) is 16.6. The van der Waals surface area contributed by atoms with Crippen molar-refractivity contribution in [2.75, 3.05) is 11.8 Å². The highest BCUT2D eigenvalue weighted by molar-refractivity contribution is 6.27. The summed E-state index contributed by atoms with van der Waals surface area (Å²) in [6.45, 7) is 3.82. The third-order valence-electron chi connectivity index (χ3n) is 3.64. The summed E-state index contributed by atoms with van der Waals surface area (Å²) >= 11 is 11.1. The van der Waals surface area contributed by atoms with Crippen LogP contribution in [0, 0.1) is 0 Å². The van der Waals surface area contributed by atoms with Gasteiger partial charge in [-0.2, -0.15) is 0 Å². The van der Waals surface area contributed by atoms with Crippen LogP contribution in [0.2, 0.25) is 0 Å². The minimum atomic E-state index is -0.586. The molecule has 0 bridgehead atoms. The topological polar surface area (TPSA) is 52.6 Å². The molecular formula is C21H20Cl2O4. The third kappa shape index (κ3) is 6.12. The first-order valence-electron chi connectivity index (χ1n) is 8.39. The lowest BCUT2D eigenvalue weighted by Crippen LogP contribution is -2.14. The summed E-state index contributed by atoms with van der Waals surface area (Å²) in [7, 11) is 0. The Hall–Kier alpha value is -2.30. The van der Waals surface area contributed by atoms with Crippen LogP contribution in [-0.4, -0.2) is 23.7 Å². The van der Waals surface area contributed by atoms with Crippen LogP contribution in [0.15, 0.2) is 42.5 Å². The predicted octanol–water partition coefficient (Wildman–Crippen LogP) is 5.27. The minimum absolute atomic E-state index is 0.0617. The maximum Gasteiger partial charge on any atom is 0.326 e. The summed E-state index contributed by atoms with van der Waals surface area (Å²) in [4.78, 5) is 23.5. The second kappa shape index (κ2) is 10.1. The van der Waals surface area contributed by atoms with E-state index in [0.717, 1.165) is 5.56 Å². The molecule has 0 saturated heterocycles. The standard InChI is InChI=1S/C21H20Cl2O4/c1-14(2)21-17(26-19(24)12-22)10-16(11-18(21)27-20(25)13-23)9-8-15-6-4-3-5-7-15/h3-11,14H,12-13H2,1-2H3/b9-8+. The summed E-state index contributed by atoms with van der Waals surface area (Å²) in [5.41, 5.74) is 2.31. The lowest BCUT2D eigenvalue weighted by atomic mass is 9.98. The van der Waals surface area contributed by atoms with Crippen LogP contribution in [0.5, 0.6) is 11.5 Å². The second-order valence-corrected chi connectivity index (χ2v) is 6.58. The highest BCUT2D eigenvalue weighted by Crippen LogP contribution is 2.37. The van der Waals surface area contributed by atoms with Crippen molar-refractivity contribution in [3.63, 3.8) is 0 Å². The second-order valence-electron chi connectivity index (χ2n) is 6.04. The average molecular weight is 407 g/mol. The summed E-state index contributed by atoms with van der Waals surface area (Å²) in [5.74, 6) is -1.17. The molecule has 2 aromatic rings. The molecule has 0 aliphatic heterocycles. The van der Waals surface area contributed by atoms with Gasteiger partial charge in [-0.25, -0.2) is 0 Å². The molecule has 0 radical (unpaired) electrons. The van der Waals surface area contributed by atoms with Gasteiger partial charge < -0.3 is 9.47 Å². The Kier molecular flexibility index (Phi) is 7.89. The number of carbonyl (C=O) groups excluding carboxylic acids is 2. The van der Waals surface area contributed by atoms with Crippen molar-refractivity contribution in [3.8, 4) is 11.5 Å².